The van der Waals surface area contributed by atoms with Crippen LogP contribution in [0.25, 0.3) is 6.08 Å². The highest BCUT2D eigenvalue weighted by atomic mass is 35.5. The van der Waals surface area contributed by atoms with Crippen molar-refractivity contribution in [1.29, 1.82) is 0 Å². The Bertz CT molecular complexity index is 990. The number of terminal acetylenes is 1. The van der Waals surface area contributed by atoms with E-state index in [4.69, 9.17) is 34.4 Å². The third-order valence-corrected chi connectivity index (χ3v) is 4.41. The molecule has 3 amide bonds. The quantitative estimate of drug-likeness (QED) is 0.448. The molecule has 1 heterocycles. The lowest BCUT2D eigenvalue weighted by molar-refractivity contribution is -0.123. The summed E-state index contributed by atoms with van der Waals surface area (Å²) >= 11 is 12.3. The third kappa shape index (κ3) is 4.28. The Labute approximate surface area is 170 Å². The lowest BCUT2D eigenvalue weighted by Gasteiger charge is -2.11. The van der Waals surface area contributed by atoms with Gasteiger partial charge in [-0.1, -0.05) is 41.3 Å². The second-order valence-corrected chi connectivity index (χ2v) is 6.63. The number of carbonyl (C=O) groups excluding carboxylic acids is 2. The van der Waals surface area contributed by atoms with E-state index in [0.29, 0.717) is 11.1 Å². The van der Waals surface area contributed by atoms with Crippen molar-refractivity contribution in [2.75, 3.05) is 6.61 Å². The summed E-state index contributed by atoms with van der Waals surface area (Å²) in [5.41, 5.74) is 1.18. The zero-order chi connectivity index (χ0) is 20.3. The summed E-state index contributed by atoms with van der Waals surface area (Å²) in [6.45, 7) is 0.0232. The number of imide groups is 1. The summed E-state index contributed by atoms with van der Waals surface area (Å²) in [4.78, 5) is 25.7. The van der Waals surface area contributed by atoms with E-state index in [1.807, 2.05) is 0 Å². The van der Waals surface area contributed by atoms with Crippen molar-refractivity contribution in [2.45, 2.75) is 6.54 Å². The summed E-state index contributed by atoms with van der Waals surface area (Å²) in [7, 11) is 0. The maximum absolute atomic E-state index is 13.0. The SMILES string of the molecule is C#CCOc1c(Cl)cc(/C=C2/NC(=O)N(Cc3ccc(F)cc3)C2=O)cc1Cl. The number of rotatable bonds is 5. The number of halogens is 3. The standard InChI is InChI=1S/C20H13Cl2FN2O3/c1-2-7-28-18-15(21)8-13(9-16(18)22)10-17-19(26)25(20(27)24-17)11-12-3-5-14(23)6-4-12/h1,3-6,8-10H,7,11H2,(H,24,27)/b17-10+. The second-order valence-electron chi connectivity index (χ2n) is 5.81. The molecule has 0 bridgehead atoms. The summed E-state index contributed by atoms with van der Waals surface area (Å²) in [5.74, 6) is 1.63. The first-order valence-electron chi connectivity index (χ1n) is 8.03. The smallest absolute Gasteiger partial charge is 0.329 e. The van der Waals surface area contributed by atoms with Crippen molar-refractivity contribution in [1.82, 2.24) is 10.2 Å². The number of ether oxygens (including phenoxy) is 1. The molecule has 0 aliphatic carbocycles. The van der Waals surface area contributed by atoms with Gasteiger partial charge in [0.05, 0.1) is 16.6 Å². The van der Waals surface area contributed by atoms with E-state index in [9.17, 15) is 14.0 Å². The highest BCUT2D eigenvalue weighted by molar-refractivity contribution is 6.37. The third-order valence-electron chi connectivity index (χ3n) is 3.85. The van der Waals surface area contributed by atoms with Gasteiger partial charge in [-0.05, 0) is 41.5 Å². The molecule has 3 rings (SSSR count). The number of nitrogens with one attached hydrogen (secondary N) is 1. The van der Waals surface area contributed by atoms with Crippen LogP contribution in [0, 0.1) is 18.2 Å². The van der Waals surface area contributed by atoms with Crippen LogP contribution in [0.3, 0.4) is 0 Å². The van der Waals surface area contributed by atoms with E-state index in [1.54, 1.807) is 0 Å². The first kappa shape index (κ1) is 19.7. The molecule has 8 heteroatoms. The molecule has 1 aliphatic heterocycles. The first-order chi connectivity index (χ1) is 13.4. The summed E-state index contributed by atoms with van der Waals surface area (Å²) in [5, 5.41) is 2.94. The minimum absolute atomic E-state index is 0.00671. The molecule has 1 saturated heterocycles. The minimum atomic E-state index is -0.577. The number of amides is 3. The molecule has 1 fully saturated rings. The van der Waals surface area contributed by atoms with Gasteiger partial charge in [-0.25, -0.2) is 9.18 Å². The normalized spacial score (nSPS) is 14.9. The Morgan fingerprint density at radius 2 is 1.82 bits per heavy atom. The zero-order valence-corrected chi connectivity index (χ0v) is 15.9. The summed E-state index contributed by atoms with van der Waals surface area (Å²) in [6.07, 6.45) is 6.60. The van der Waals surface area contributed by atoms with Gasteiger partial charge in [0.1, 0.15) is 18.1 Å². The Hall–Kier alpha value is -3.01. The maximum Gasteiger partial charge on any atom is 0.329 e. The van der Waals surface area contributed by atoms with Crippen LogP contribution in [0.1, 0.15) is 11.1 Å². The molecule has 2 aromatic carbocycles. The predicted octanol–water partition coefficient (Wildman–Crippen LogP) is 4.24. The fourth-order valence-electron chi connectivity index (χ4n) is 2.57. The van der Waals surface area contributed by atoms with Crippen molar-refractivity contribution < 1.29 is 18.7 Å². The van der Waals surface area contributed by atoms with E-state index in [-0.39, 0.29) is 34.6 Å². The molecule has 0 aromatic heterocycles. The van der Waals surface area contributed by atoms with Crippen LogP contribution in [0.5, 0.6) is 5.75 Å². The van der Waals surface area contributed by atoms with Gasteiger partial charge in [-0.15, -0.1) is 6.42 Å². The van der Waals surface area contributed by atoms with Crippen LogP contribution in [-0.4, -0.2) is 23.4 Å². The highest BCUT2D eigenvalue weighted by Gasteiger charge is 2.33. The average molecular weight is 419 g/mol. The Morgan fingerprint density at radius 3 is 2.43 bits per heavy atom. The lowest BCUT2D eigenvalue weighted by atomic mass is 10.1. The molecular formula is C20H13Cl2FN2O3. The van der Waals surface area contributed by atoms with Gasteiger partial charge in [0.15, 0.2) is 5.75 Å². The monoisotopic (exact) mass is 418 g/mol. The molecule has 0 saturated carbocycles. The predicted molar refractivity (Wildman–Crippen MR) is 104 cm³/mol. The van der Waals surface area contributed by atoms with Crippen molar-refractivity contribution in [3.05, 3.63) is 69.1 Å². The Morgan fingerprint density at radius 1 is 1.18 bits per heavy atom. The molecule has 0 spiro atoms. The molecule has 2 aromatic rings. The van der Waals surface area contributed by atoms with Crippen LogP contribution < -0.4 is 10.1 Å². The Kier molecular flexibility index (Phi) is 5.88. The molecule has 1 N–H and O–H groups in total. The van der Waals surface area contributed by atoms with E-state index in [0.717, 1.165) is 4.90 Å². The molecule has 0 unspecified atom stereocenters. The van der Waals surface area contributed by atoms with E-state index >= 15 is 0 Å². The van der Waals surface area contributed by atoms with E-state index < -0.39 is 17.8 Å². The number of carbonyl (C=O) groups is 2. The molecule has 5 nitrogen and oxygen atoms in total. The highest BCUT2D eigenvalue weighted by Crippen LogP contribution is 2.35. The molecular weight excluding hydrogens is 406 g/mol. The second kappa shape index (κ2) is 8.34. The molecule has 142 valence electrons. The number of hydrogen-bond acceptors (Lipinski definition) is 3. The fourth-order valence-corrected chi connectivity index (χ4v) is 3.18. The van der Waals surface area contributed by atoms with E-state index in [2.05, 4.69) is 11.2 Å². The lowest BCUT2D eigenvalue weighted by Crippen LogP contribution is -2.30. The molecule has 0 atom stereocenters. The topological polar surface area (TPSA) is 58.6 Å². The van der Waals surface area contributed by atoms with Gasteiger partial charge in [0, 0.05) is 0 Å². The number of benzene rings is 2. The van der Waals surface area contributed by atoms with Crippen LogP contribution in [0.15, 0.2) is 42.1 Å². The van der Waals surface area contributed by atoms with Gasteiger partial charge in [-0.2, -0.15) is 0 Å². The minimum Gasteiger partial charge on any atom is -0.478 e. The molecule has 1 aliphatic rings. The molecule has 0 radical (unpaired) electrons. The first-order valence-corrected chi connectivity index (χ1v) is 8.79. The number of urea groups is 1. The van der Waals surface area contributed by atoms with Crippen LogP contribution in [-0.2, 0) is 11.3 Å². The maximum atomic E-state index is 13.0. The van der Waals surface area contributed by atoms with Crippen molar-refractivity contribution in [3.8, 4) is 18.1 Å². The van der Waals surface area contributed by atoms with Crippen molar-refractivity contribution in [3.63, 3.8) is 0 Å². The Balaban J connectivity index is 1.81. The average Bonchev–Trinajstić information content (AvgIpc) is 2.90. The number of hydrogen-bond donors (Lipinski definition) is 1. The zero-order valence-electron chi connectivity index (χ0n) is 14.3. The van der Waals surface area contributed by atoms with Gasteiger partial charge >= 0.3 is 6.03 Å². The van der Waals surface area contributed by atoms with Crippen LogP contribution in [0.2, 0.25) is 10.0 Å². The van der Waals surface area contributed by atoms with Gasteiger partial charge in [0.25, 0.3) is 5.91 Å². The fraction of sp³-hybridized carbons (Fsp3) is 0.100. The van der Waals surface area contributed by atoms with Gasteiger partial charge < -0.3 is 10.1 Å². The largest absolute Gasteiger partial charge is 0.478 e. The van der Waals surface area contributed by atoms with Crippen molar-refractivity contribution >= 4 is 41.2 Å². The molecule has 28 heavy (non-hydrogen) atoms. The van der Waals surface area contributed by atoms with Crippen LogP contribution in [0.4, 0.5) is 9.18 Å². The summed E-state index contributed by atoms with van der Waals surface area (Å²) in [6, 6.07) is 8.03. The van der Waals surface area contributed by atoms with Gasteiger partial charge in [-0.3, -0.25) is 9.69 Å². The summed E-state index contributed by atoms with van der Waals surface area (Å²) < 4.78 is 18.3. The number of nitrogens with zero attached hydrogens (tertiary/aromatic N) is 1. The van der Waals surface area contributed by atoms with Crippen LogP contribution >= 0.6 is 23.2 Å². The van der Waals surface area contributed by atoms with E-state index in [1.165, 1.54) is 42.5 Å². The van der Waals surface area contributed by atoms with Crippen molar-refractivity contribution in [2.24, 2.45) is 0 Å². The van der Waals surface area contributed by atoms with Gasteiger partial charge in [0.2, 0.25) is 0 Å².